The molecule has 1 aliphatic rings. The van der Waals surface area contributed by atoms with Gasteiger partial charge >= 0.3 is 0 Å². The Kier molecular flexibility index (Phi) is 2.98. The number of nitrogens with two attached hydrogens (primary N) is 1. The molecule has 2 rings (SSSR count). The summed E-state index contributed by atoms with van der Waals surface area (Å²) < 4.78 is 0. The van der Waals surface area contributed by atoms with E-state index in [1.54, 1.807) is 0 Å². The molecule has 3 heteroatoms. The van der Waals surface area contributed by atoms with Crippen molar-refractivity contribution in [3.05, 3.63) is 28.5 Å². The van der Waals surface area contributed by atoms with Crippen LogP contribution >= 0.6 is 11.6 Å². The summed E-state index contributed by atoms with van der Waals surface area (Å²) in [4.78, 5) is 4.20. The van der Waals surface area contributed by atoms with Crippen LogP contribution in [0.2, 0.25) is 5.15 Å². The summed E-state index contributed by atoms with van der Waals surface area (Å²) in [6, 6.07) is 4.16. The normalized spacial score (nSPS) is 18.6. The predicted molar refractivity (Wildman–Crippen MR) is 63.2 cm³/mol. The van der Waals surface area contributed by atoms with Crippen LogP contribution in [0.5, 0.6) is 0 Å². The zero-order valence-electron chi connectivity index (χ0n) is 9.09. The maximum absolute atomic E-state index is 6.00. The van der Waals surface area contributed by atoms with E-state index in [1.165, 1.54) is 24.8 Å². The van der Waals surface area contributed by atoms with E-state index in [9.17, 15) is 0 Å². The zero-order valence-corrected chi connectivity index (χ0v) is 9.85. The molecule has 1 heterocycles. The van der Waals surface area contributed by atoms with Gasteiger partial charge in [-0.15, -0.1) is 0 Å². The Morgan fingerprint density at radius 2 is 2.20 bits per heavy atom. The summed E-state index contributed by atoms with van der Waals surface area (Å²) in [5.41, 5.74) is 8.32. The van der Waals surface area contributed by atoms with Gasteiger partial charge in [0.15, 0.2) is 0 Å². The van der Waals surface area contributed by atoms with Crippen LogP contribution in [0.3, 0.4) is 0 Å². The van der Waals surface area contributed by atoms with Crippen LogP contribution in [-0.4, -0.2) is 11.5 Å². The number of hydrogen-bond donors (Lipinski definition) is 1. The van der Waals surface area contributed by atoms with Gasteiger partial charge in [-0.1, -0.05) is 18.0 Å². The van der Waals surface area contributed by atoms with Crippen LogP contribution in [-0.2, 0) is 5.41 Å². The minimum atomic E-state index is 0.298. The molecule has 0 unspecified atom stereocenters. The molecule has 15 heavy (non-hydrogen) atoms. The fraction of sp³-hybridized carbons (Fsp3) is 0.583. The standard InChI is InChI=1S/C12H17ClN2/c1-9-7-10(8-11(13)15-9)12(5-6-14)3-2-4-12/h7-8H,2-6,14H2,1H3. The van der Waals surface area contributed by atoms with Gasteiger partial charge in [-0.05, 0) is 55.8 Å². The molecule has 82 valence electrons. The predicted octanol–water partition coefficient (Wildman–Crippen LogP) is 2.81. The smallest absolute Gasteiger partial charge is 0.129 e. The molecule has 0 spiro atoms. The number of halogens is 1. The van der Waals surface area contributed by atoms with Crippen LogP contribution in [0.1, 0.15) is 36.9 Å². The second-order valence-corrected chi connectivity index (χ2v) is 4.88. The molecule has 0 aliphatic heterocycles. The lowest BCUT2D eigenvalue weighted by Gasteiger charge is -2.42. The Hall–Kier alpha value is -0.600. The first-order chi connectivity index (χ1) is 7.16. The van der Waals surface area contributed by atoms with Gasteiger partial charge in [-0.25, -0.2) is 4.98 Å². The molecule has 0 radical (unpaired) electrons. The number of nitrogens with zero attached hydrogens (tertiary/aromatic N) is 1. The summed E-state index contributed by atoms with van der Waals surface area (Å²) in [5, 5.41) is 0.605. The largest absolute Gasteiger partial charge is 0.330 e. The van der Waals surface area contributed by atoms with Crippen molar-refractivity contribution >= 4 is 11.6 Å². The van der Waals surface area contributed by atoms with E-state index in [0.717, 1.165) is 18.7 Å². The van der Waals surface area contributed by atoms with Crippen LogP contribution in [0, 0.1) is 6.92 Å². The molecule has 0 atom stereocenters. The maximum Gasteiger partial charge on any atom is 0.129 e. The Balaban J connectivity index is 2.34. The summed E-state index contributed by atoms with van der Waals surface area (Å²) in [6.45, 7) is 2.74. The van der Waals surface area contributed by atoms with Crippen molar-refractivity contribution < 1.29 is 0 Å². The second-order valence-electron chi connectivity index (χ2n) is 4.49. The van der Waals surface area contributed by atoms with E-state index < -0.39 is 0 Å². The van der Waals surface area contributed by atoms with Crippen molar-refractivity contribution in [2.75, 3.05) is 6.54 Å². The van der Waals surface area contributed by atoms with Gasteiger partial charge in [0.25, 0.3) is 0 Å². The molecule has 0 amide bonds. The lowest BCUT2D eigenvalue weighted by atomic mass is 9.62. The molecule has 1 fully saturated rings. The fourth-order valence-corrected chi connectivity index (χ4v) is 2.75. The number of rotatable bonds is 3. The van der Waals surface area contributed by atoms with Crippen LogP contribution in [0.4, 0.5) is 0 Å². The average molecular weight is 225 g/mol. The van der Waals surface area contributed by atoms with Crippen molar-refractivity contribution in [2.24, 2.45) is 5.73 Å². The van der Waals surface area contributed by atoms with Crippen molar-refractivity contribution in [3.8, 4) is 0 Å². The molecule has 2 nitrogen and oxygen atoms in total. The van der Waals surface area contributed by atoms with Gasteiger partial charge in [0.1, 0.15) is 5.15 Å². The quantitative estimate of drug-likeness (QED) is 0.802. The van der Waals surface area contributed by atoms with E-state index in [0.29, 0.717) is 10.6 Å². The molecule has 0 aromatic carbocycles. The highest BCUT2D eigenvalue weighted by Gasteiger charge is 2.38. The summed E-state index contributed by atoms with van der Waals surface area (Å²) in [6.07, 6.45) is 4.85. The summed E-state index contributed by atoms with van der Waals surface area (Å²) in [7, 11) is 0. The Bertz CT molecular complexity index is 338. The van der Waals surface area contributed by atoms with E-state index in [-0.39, 0.29) is 0 Å². The lowest BCUT2D eigenvalue weighted by molar-refractivity contribution is 0.229. The number of aromatic nitrogens is 1. The molecule has 0 saturated heterocycles. The molecular formula is C12H17ClN2. The molecule has 2 N–H and O–H groups in total. The number of hydrogen-bond acceptors (Lipinski definition) is 2. The third-order valence-corrected chi connectivity index (χ3v) is 3.66. The van der Waals surface area contributed by atoms with Crippen LogP contribution < -0.4 is 5.73 Å². The van der Waals surface area contributed by atoms with Gasteiger partial charge in [0.2, 0.25) is 0 Å². The fourth-order valence-electron chi connectivity index (χ4n) is 2.50. The number of aryl methyl sites for hydroxylation is 1. The van der Waals surface area contributed by atoms with E-state index in [1.807, 2.05) is 13.0 Å². The van der Waals surface area contributed by atoms with Gasteiger partial charge < -0.3 is 5.73 Å². The van der Waals surface area contributed by atoms with Gasteiger partial charge in [-0.2, -0.15) is 0 Å². The molecular weight excluding hydrogens is 208 g/mol. The van der Waals surface area contributed by atoms with E-state index in [2.05, 4.69) is 11.1 Å². The Morgan fingerprint density at radius 1 is 1.47 bits per heavy atom. The van der Waals surface area contributed by atoms with Crippen LogP contribution in [0.25, 0.3) is 0 Å². The van der Waals surface area contributed by atoms with Crippen molar-refractivity contribution in [1.29, 1.82) is 0 Å². The highest BCUT2D eigenvalue weighted by molar-refractivity contribution is 6.29. The zero-order chi connectivity index (χ0) is 10.9. The Morgan fingerprint density at radius 3 is 2.67 bits per heavy atom. The highest BCUT2D eigenvalue weighted by Crippen LogP contribution is 2.46. The summed E-state index contributed by atoms with van der Waals surface area (Å²) in [5.74, 6) is 0. The first kappa shape index (κ1) is 10.9. The molecule has 0 bridgehead atoms. The monoisotopic (exact) mass is 224 g/mol. The van der Waals surface area contributed by atoms with E-state index >= 15 is 0 Å². The maximum atomic E-state index is 6.00. The van der Waals surface area contributed by atoms with Crippen molar-refractivity contribution in [2.45, 2.75) is 38.0 Å². The molecule has 1 aromatic heterocycles. The second kappa shape index (κ2) is 4.11. The summed E-state index contributed by atoms with van der Waals surface area (Å²) >= 11 is 6.00. The van der Waals surface area contributed by atoms with Crippen LogP contribution in [0.15, 0.2) is 12.1 Å². The molecule has 1 saturated carbocycles. The topological polar surface area (TPSA) is 38.9 Å². The SMILES string of the molecule is Cc1cc(C2(CCN)CCC2)cc(Cl)n1. The minimum Gasteiger partial charge on any atom is -0.330 e. The third kappa shape index (κ3) is 2.01. The molecule has 1 aromatic rings. The molecule has 1 aliphatic carbocycles. The lowest BCUT2D eigenvalue weighted by Crippen LogP contribution is -2.36. The first-order valence-electron chi connectivity index (χ1n) is 5.51. The highest BCUT2D eigenvalue weighted by atomic mass is 35.5. The third-order valence-electron chi connectivity index (χ3n) is 3.47. The minimum absolute atomic E-state index is 0.298. The van der Waals surface area contributed by atoms with E-state index in [4.69, 9.17) is 17.3 Å². The van der Waals surface area contributed by atoms with Crippen molar-refractivity contribution in [3.63, 3.8) is 0 Å². The van der Waals surface area contributed by atoms with Gasteiger partial charge in [0, 0.05) is 5.69 Å². The van der Waals surface area contributed by atoms with Gasteiger partial charge in [0.05, 0.1) is 0 Å². The Labute approximate surface area is 95.8 Å². The average Bonchev–Trinajstić information content (AvgIpc) is 2.09. The number of pyridine rings is 1. The first-order valence-corrected chi connectivity index (χ1v) is 5.89. The van der Waals surface area contributed by atoms with Crippen molar-refractivity contribution in [1.82, 2.24) is 4.98 Å². The van der Waals surface area contributed by atoms with Gasteiger partial charge in [-0.3, -0.25) is 0 Å².